The van der Waals surface area contributed by atoms with Gasteiger partial charge in [-0.05, 0) is 137 Å². The second kappa shape index (κ2) is 18.1. The summed E-state index contributed by atoms with van der Waals surface area (Å²) in [6, 6.07) is 87.8. The molecule has 2 nitrogen and oxygen atoms in total. The molecule has 0 spiro atoms. The average Bonchev–Trinajstić information content (AvgIpc) is 4.13. The highest BCUT2D eigenvalue weighted by Crippen LogP contribution is 2.53. The Morgan fingerprint density at radius 2 is 0.472 bits per heavy atom. The zero-order chi connectivity index (χ0) is 48.2. The van der Waals surface area contributed by atoms with E-state index in [0.717, 1.165) is 25.7 Å². The molecular weight excluding hydrogens is 873 g/mol. The van der Waals surface area contributed by atoms with Crippen LogP contribution in [0.25, 0.3) is 44.5 Å². The van der Waals surface area contributed by atoms with Crippen molar-refractivity contribution >= 4 is 0 Å². The molecule has 14 rings (SSSR count). The molecule has 10 aromatic carbocycles. The number of rotatable bonds is 10. The van der Waals surface area contributed by atoms with Crippen molar-refractivity contribution in [3.05, 3.63) is 309 Å². The normalized spacial score (nSPS) is 14.7. The Bertz CT molecular complexity index is 3210. The van der Waals surface area contributed by atoms with Crippen LogP contribution in [-0.4, -0.2) is 23.4 Å². The number of benzene rings is 10. The summed E-state index contributed by atoms with van der Waals surface area (Å²) in [6.45, 7) is 0.119. The van der Waals surface area contributed by atoms with Gasteiger partial charge in [-0.25, -0.2) is 0 Å². The van der Waals surface area contributed by atoms with E-state index in [4.69, 9.17) is 0 Å². The van der Waals surface area contributed by atoms with Gasteiger partial charge in [-0.15, -0.1) is 0 Å². The summed E-state index contributed by atoms with van der Waals surface area (Å²) in [6.07, 6.45) is 3.55. The van der Waals surface area contributed by atoms with Crippen LogP contribution in [0.5, 0.6) is 0 Å². The molecule has 348 valence electrons. The lowest BCUT2D eigenvalue weighted by molar-refractivity contribution is 0.221. The van der Waals surface area contributed by atoms with Gasteiger partial charge in [0, 0.05) is 22.7 Å². The summed E-state index contributed by atoms with van der Waals surface area (Å²) < 4.78 is 0. The molecule has 10 aromatic rings. The minimum Gasteiger partial charge on any atom is -0.395 e. The third-order valence-corrected chi connectivity index (χ3v) is 16.8. The second-order valence-electron chi connectivity index (χ2n) is 20.5. The molecule has 0 fully saturated rings. The van der Waals surface area contributed by atoms with Gasteiger partial charge in [0.05, 0.1) is 13.2 Å². The van der Waals surface area contributed by atoms with E-state index >= 15 is 0 Å². The molecular formula is C70H56O2. The van der Waals surface area contributed by atoms with E-state index in [9.17, 15) is 10.2 Å². The van der Waals surface area contributed by atoms with Crippen LogP contribution < -0.4 is 0 Å². The quantitative estimate of drug-likeness (QED) is 0.143. The van der Waals surface area contributed by atoms with E-state index < -0.39 is 10.8 Å². The van der Waals surface area contributed by atoms with Gasteiger partial charge in [0.2, 0.25) is 0 Å². The van der Waals surface area contributed by atoms with E-state index in [1.807, 2.05) is 0 Å². The molecule has 2 heteroatoms. The molecule has 0 unspecified atom stereocenters. The van der Waals surface area contributed by atoms with Gasteiger partial charge in [0.1, 0.15) is 0 Å². The molecule has 0 aliphatic heterocycles. The highest BCUT2D eigenvalue weighted by atomic mass is 16.3. The van der Waals surface area contributed by atoms with Crippen molar-refractivity contribution in [1.82, 2.24) is 0 Å². The van der Waals surface area contributed by atoms with Crippen LogP contribution in [0.4, 0.5) is 0 Å². The zero-order valence-corrected chi connectivity index (χ0v) is 40.4. The van der Waals surface area contributed by atoms with Crippen LogP contribution in [0.1, 0.15) is 78.6 Å². The average molecular weight is 929 g/mol. The van der Waals surface area contributed by atoms with Crippen molar-refractivity contribution in [3.8, 4) is 44.5 Å². The molecule has 0 saturated carbocycles. The monoisotopic (exact) mass is 928 g/mol. The Kier molecular flexibility index (Phi) is 11.1. The van der Waals surface area contributed by atoms with Crippen molar-refractivity contribution in [2.75, 3.05) is 13.2 Å². The maximum absolute atomic E-state index is 10.8. The fourth-order valence-corrected chi connectivity index (χ4v) is 13.4. The van der Waals surface area contributed by atoms with Gasteiger partial charge in [-0.1, -0.05) is 243 Å². The Morgan fingerprint density at radius 1 is 0.250 bits per heavy atom. The topological polar surface area (TPSA) is 40.5 Å². The smallest absolute Gasteiger partial charge is 0.0572 e. The van der Waals surface area contributed by atoms with Gasteiger partial charge in [-0.3, -0.25) is 0 Å². The Labute approximate surface area is 423 Å². The molecule has 4 aliphatic rings. The lowest BCUT2D eigenvalue weighted by Crippen LogP contribution is -2.33. The number of hydrogen-bond acceptors (Lipinski definition) is 2. The van der Waals surface area contributed by atoms with E-state index in [-0.39, 0.29) is 13.2 Å². The first-order chi connectivity index (χ1) is 35.6. The summed E-state index contributed by atoms with van der Waals surface area (Å²) in [7, 11) is 0. The van der Waals surface area contributed by atoms with E-state index in [1.54, 1.807) is 0 Å². The molecule has 0 atom stereocenters. The van der Waals surface area contributed by atoms with Crippen LogP contribution in [0.2, 0.25) is 0 Å². The number of fused-ring (bicyclic) bond motifs is 12. The lowest BCUT2D eigenvalue weighted by atomic mass is 9.73. The first-order valence-electron chi connectivity index (χ1n) is 25.7. The maximum Gasteiger partial charge on any atom is 0.0572 e. The highest BCUT2D eigenvalue weighted by molar-refractivity contribution is 5.83. The summed E-state index contributed by atoms with van der Waals surface area (Å²) in [5.74, 6) is 0.874. The Morgan fingerprint density at radius 3 is 0.736 bits per heavy atom. The predicted molar refractivity (Wildman–Crippen MR) is 295 cm³/mol. The van der Waals surface area contributed by atoms with Crippen LogP contribution in [0.3, 0.4) is 0 Å². The summed E-state index contributed by atoms with van der Waals surface area (Å²) in [5, 5.41) is 21.7. The van der Waals surface area contributed by atoms with Crippen molar-refractivity contribution in [2.24, 2.45) is 0 Å². The minimum absolute atomic E-state index is 0.0595. The SMILES string of the molecule is OCC1(Cc2ccc(CC3(CO)c4ccccc4-c4ccccc43)cc2)c2ccccc2-c2ccccc21.c1ccc2c(c1)-c1ccccc1C2Cc1ccc(CC2c3ccccc3-c3ccccc32)cc1. The third kappa shape index (κ3) is 7.15. The maximum atomic E-state index is 10.8. The number of hydrogen-bond donors (Lipinski definition) is 2. The fourth-order valence-electron chi connectivity index (χ4n) is 13.4. The summed E-state index contributed by atoms with van der Waals surface area (Å²) in [4.78, 5) is 0. The predicted octanol–water partition coefficient (Wildman–Crippen LogP) is 15.1. The Hall–Kier alpha value is -7.88. The van der Waals surface area contributed by atoms with Crippen molar-refractivity contribution in [3.63, 3.8) is 0 Å². The summed E-state index contributed by atoms with van der Waals surface area (Å²) >= 11 is 0. The molecule has 0 saturated heterocycles. The molecule has 0 amide bonds. The number of aliphatic hydroxyl groups excluding tert-OH is 2. The van der Waals surface area contributed by atoms with Crippen molar-refractivity contribution in [2.45, 2.75) is 48.3 Å². The lowest BCUT2D eigenvalue weighted by Gasteiger charge is -2.31. The van der Waals surface area contributed by atoms with Crippen molar-refractivity contribution < 1.29 is 10.2 Å². The summed E-state index contributed by atoms with van der Waals surface area (Å²) in [5.41, 5.74) is 25.4. The second-order valence-corrected chi connectivity index (χ2v) is 20.5. The first kappa shape index (κ1) is 44.1. The van der Waals surface area contributed by atoms with E-state index in [2.05, 4.69) is 243 Å². The van der Waals surface area contributed by atoms with Crippen molar-refractivity contribution in [1.29, 1.82) is 0 Å². The molecule has 0 bridgehead atoms. The van der Waals surface area contributed by atoms with Crippen LogP contribution in [-0.2, 0) is 36.5 Å². The molecule has 4 aliphatic carbocycles. The molecule has 0 aromatic heterocycles. The largest absolute Gasteiger partial charge is 0.395 e. The molecule has 72 heavy (non-hydrogen) atoms. The van der Waals surface area contributed by atoms with E-state index in [0.29, 0.717) is 11.8 Å². The van der Waals surface area contributed by atoms with Crippen LogP contribution >= 0.6 is 0 Å². The zero-order valence-electron chi connectivity index (χ0n) is 40.4. The first-order valence-corrected chi connectivity index (χ1v) is 25.7. The Balaban J connectivity index is 0.000000141. The molecule has 0 heterocycles. The fraction of sp³-hybridized carbons (Fsp3) is 0.143. The standard InChI is InChI=1S/C36H30O2.C34H26/c37-23-35(31-13-5-1-9-27(31)28-10-2-6-14-32(28)35)21-25-17-19-26(20-18-25)22-36(24-38)33-15-7-3-11-29(33)30-12-4-8-16-34(30)36;1-5-13-29-25(9-1)26-10-2-6-14-30(26)33(29)21-23-17-19-24(20-18-23)22-34-31-15-7-3-11-27(31)28-12-4-8-16-32(28)34/h1-20,37-38H,21-24H2;1-20,33-34H,21-22H2. The van der Waals surface area contributed by atoms with Gasteiger partial charge in [0.15, 0.2) is 0 Å². The van der Waals surface area contributed by atoms with Gasteiger partial charge < -0.3 is 10.2 Å². The third-order valence-electron chi connectivity index (χ3n) is 16.8. The van der Waals surface area contributed by atoms with Gasteiger partial charge >= 0.3 is 0 Å². The van der Waals surface area contributed by atoms with Crippen LogP contribution in [0.15, 0.2) is 243 Å². The van der Waals surface area contributed by atoms with Crippen LogP contribution in [0, 0.1) is 0 Å². The van der Waals surface area contributed by atoms with Gasteiger partial charge in [-0.2, -0.15) is 0 Å². The van der Waals surface area contributed by atoms with E-state index in [1.165, 1.54) is 111 Å². The minimum atomic E-state index is -0.454. The molecule has 0 radical (unpaired) electrons. The van der Waals surface area contributed by atoms with Gasteiger partial charge in [0.25, 0.3) is 0 Å². The molecule has 2 N–H and O–H groups in total. The number of aliphatic hydroxyl groups is 2. The highest BCUT2D eigenvalue weighted by Gasteiger charge is 2.44.